The third-order valence-electron chi connectivity index (χ3n) is 6.55. The maximum atomic E-state index is 12.4. The van der Waals surface area contributed by atoms with Crippen molar-refractivity contribution in [1.29, 1.82) is 0 Å². The van der Waals surface area contributed by atoms with E-state index in [2.05, 4.69) is 38.6 Å². The van der Waals surface area contributed by atoms with Crippen LogP contribution in [-0.4, -0.2) is 38.2 Å². The number of aryl methyl sites for hydroxylation is 1. The van der Waals surface area contributed by atoms with Gasteiger partial charge in [0.1, 0.15) is 22.0 Å². The topological polar surface area (TPSA) is 200 Å². The number of azo groups is 2. The van der Waals surface area contributed by atoms with Crippen molar-refractivity contribution in [3.05, 3.63) is 96.6 Å². The van der Waals surface area contributed by atoms with Gasteiger partial charge in [-0.2, -0.15) is 27.1 Å². The number of anilines is 2. The molecule has 5 aromatic rings. The summed E-state index contributed by atoms with van der Waals surface area (Å²) in [6.07, 6.45) is 8.00. The van der Waals surface area contributed by atoms with E-state index in [0.29, 0.717) is 28.0 Å². The number of ether oxygens (including phenoxy) is 1. The third kappa shape index (κ3) is 8.14. The molecule has 0 aromatic heterocycles. The molecule has 0 atom stereocenters. The molecule has 5 rings (SSSR count). The standard InChI is InChI=1S/C30H25N5O8S2.C2H2/c1-18-14-26(27(43-2)17-25(18)33-32-21-8-11-23(12-9-21)44(37,38)39)34-35-29-28(45(40,41)42)16-19-15-22(10-13-24(19)30(29)36)31-20-6-4-3-5-7-20;1-2/h3-17,31,36H,1-2H3,(H,37,38,39)(H,40,41,42);1-2H. The molecule has 4 N–H and O–H groups in total. The predicted octanol–water partition coefficient (Wildman–Crippen LogP) is 8.18. The van der Waals surface area contributed by atoms with Gasteiger partial charge in [-0.15, -0.1) is 23.1 Å². The average Bonchev–Trinajstić information content (AvgIpc) is 3.04. The summed E-state index contributed by atoms with van der Waals surface area (Å²) >= 11 is 0. The Morgan fingerprint density at radius 2 is 1.38 bits per heavy atom. The Bertz CT molecular complexity index is 2240. The molecule has 0 saturated carbocycles. The number of rotatable bonds is 9. The van der Waals surface area contributed by atoms with Crippen LogP contribution < -0.4 is 10.1 Å². The Labute approximate surface area is 270 Å². The highest BCUT2D eigenvalue weighted by Crippen LogP contribution is 2.43. The summed E-state index contributed by atoms with van der Waals surface area (Å²) in [4.78, 5) is -0.928. The number of aromatic hydroxyl groups is 1. The van der Waals surface area contributed by atoms with Crippen molar-refractivity contribution >= 4 is 65.1 Å². The Morgan fingerprint density at radius 1 is 0.723 bits per heavy atom. The van der Waals surface area contributed by atoms with Crippen molar-refractivity contribution in [3.8, 4) is 24.3 Å². The van der Waals surface area contributed by atoms with E-state index in [9.17, 15) is 26.5 Å². The molecule has 15 heteroatoms. The number of benzene rings is 5. The van der Waals surface area contributed by atoms with Gasteiger partial charge in [0.2, 0.25) is 0 Å². The predicted molar refractivity (Wildman–Crippen MR) is 177 cm³/mol. The molecule has 0 fully saturated rings. The molecule has 47 heavy (non-hydrogen) atoms. The fourth-order valence-corrected chi connectivity index (χ4v) is 5.46. The summed E-state index contributed by atoms with van der Waals surface area (Å²) in [6, 6.07) is 23.6. The van der Waals surface area contributed by atoms with E-state index in [1.165, 1.54) is 43.5 Å². The maximum absolute atomic E-state index is 12.4. The molecular weight excluding hydrogens is 647 g/mol. The first kappa shape index (κ1) is 34.2. The second-order valence-electron chi connectivity index (χ2n) is 9.65. The molecule has 240 valence electrons. The van der Waals surface area contributed by atoms with Crippen molar-refractivity contribution in [1.82, 2.24) is 0 Å². The summed E-state index contributed by atoms with van der Waals surface area (Å²) in [5, 5.41) is 31.2. The fourth-order valence-electron chi connectivity index (χ4n) is 4.32. The third-order valence-corrected chi connectivity index (χ3v) is 8.29. The van der Waals surface area contributed by atoms with Gasteiger partial charge in [0.25, 0.3) is 20.2 Å². The number of para-hydroxylation sites is 1. The van der Waals surface area contributed by atoms with Gasteiger partial charge < -0.3 is 15.2 Å². The van der Waals surface area contributed by atoms with Crippen LogP contribution in [0.2, 0.25) is 0 Å². The lowest BCUT2D eigenvalue weighted by molar-refractivity contribution is 0.416. The van der Waals surface area contributed by atoms with Crippen molar-refractivity contribution in [2.45, 2.75) is 16.7 Å². The maximum Gasteiger partial charge on any atom is 0.296 e. The molecule has 0 aliphatic heterocycles. The van der Waals surface area contributed by atoms with Crippen LogP contribution in [0.25, 0.3) is 10.8 Å². The Morgan fingerprint density at radius 3 is 2.00 bits per heavy atom. The summed E-state index contributed by atoms with van der Waals surface area (Å²) in [5.41, 5.74) is 2.37. The van der Waals surface area contributed by atoms with E-state index in [4.69, 9.17) is 9.29 Å². The molecule has 0 aliphatic rings. The molecular formula is C32H27N5O8S2. The van der Waals surface area contributed by atoms with Gasteiger partial charge in [0.15, 0.2) is 5.75 Å². The smallest absolute Gasteiger partial charge is 0.296 e. The second-order valence-corrected chi connectivity index (χ2v) is 12.5. The lowest BCUT2D eigenvalue weighted by Crippen LogP contribution is -1.99. The van der Waals surface area contributed by atoms with Crippen LogP contribution in [0.3, 0.4) is 0 Å². The van der Waals surface area contributed by atoms with Gasteiger partial charge in [0, 0.05) is 22.8 Å². The van der Waals surface area contributed by atoms with Crippen LogP contribution in [0.1, 0.15) is 5.56 Å². The van der Waals surface area contributed by atoms with Crippen molar-refractivity contribution in [2.75, 3.05) is 12.4 Å². The lowest BCUT2D eigenvalue weighted by atomic mass is 10.1. The Balaban J connectivity index is 0.00000245. The van der Waals surface area contributed by atoms with Crippen molar-refractivity contribution < 1.29 is 35.8 Å². The first-order valence-corrected chi connectivity index (χ1v) is 16.2. The number of hydrogen-bond donors (Lipinski definition) is 4. The van der Waals surface area contributed by atoms with E-state index >= 15 is 0 Å². The highest BCUT2D eigenvalue weighted by molar-refractivity contribution is 7.86. The molecule has 0 amide bonds. The highest BCUT2D eigenvalue weighted by atomic mass is 32.2. The molecule has 0 spiro atoms. The normalized spacial score (nSPS) is 11.8. The van der Waals surface area contributed by atoms with Gasteiger partial charge in [-0.3, -0.25) is 9.11 Å². The minimum Gasteiger partial charge on any atom is -0.505 e. The SMILES string of the molecule is C#C.COc1cc(N=Nc2ccc(S(=O)(=O)O)cc2)c(C)cc1N=Nc1c(S(=O)(=O)O)cc2cc(Nc3ccccc3)ccc2c1O. The number of fused-ring (bicyclic) bond motifs is 1. The number of phenolic OH excluding ortho intramolecular Hbond substituents is 1. The monoisotopic (exact) mass is 673 g/mol. The minimum atomic E-state index is -4.84. The molecule has 13 nitrogen and oxygen atoms in total. The zero-order chi connectivity index (χ0) is 34.4. The number of phenols is 1. The van der Waals surface area contributed by atoms with E-state index in [1.54, 1.807) is 31.2 Å². The van der Waals surface area contributed by atoms with Crippen LogP contribution in [0.15, 0.2) is 121 Å². The van der Waals surface area contributed by atoms with Crippen molar-refractivity contribution in [2.24, 2.45) is 20.5 Å². The number of nitrogens with one attached hydrogen (secondary N) is 1. The minimum absolute atomic E-state index is 0.162. The number of methoxy groups -OCH3 is 1. The number of nitrogens with zero attached hydrogens (tertiary/aromatic N) is 4. The van der Waals surface area contributed by atoms with Crippen LogP contribution in [0.5, 0.6) is 11.5 Å². The average molecular weight is 674 g/mol. The summed E-state index contributed by atoms with van der Waals surface area (Å²) in [6.45, 7) is 1.70. The van der Waals surface area contributed by atoms with Gasteiger partial charge in [-0.25, -0.2) is 0 Å². The van der Waals surface area contributed by atoms with Crippen LogP contribution >= 0.6 is 0 Å². The van der Waals surface area contributed by atoms with E-state index in [-0.39, 0.29) is 21.7 Å². The molecule has 0 unspecified atom stereocenters. The first-order valence-electron chi connectivity index (χ1n) is 13.4. The Hall–Kier alpha value is -5.66. The van der Waals surface area contributed by atoms with E-state index < -0.39 is 36.6 Å². The van der Waals surface area contributed by atoms with Gasteiger partial charge in [-0.1, -0.05) is 18.2 Å². The second kappa shape index (κ2) is 14.2. The van der Waals surface area contributed by atoms with Gasteiger partial charge in [0.05, 0.1) is 23.4 Å². The lowest BCUT2D eigenvalue weighted by Gasteiger charge is -2.12. The zero-order valence-electron chi connectivity index (χ0n) is 24.8. The number of hydrogen-bond acceptors (Lipinski definition) is 11. The Kier molecular flexibility index (Phi) is 10.3. The summed E-state index contributed by atoms with van der Waals surface area (Å²) < 4.78 is 71.7. The summed E-state index contributed by atoms with van der Waals surface area (Å²) in [5.74, 6) is -0.318. The van der Waals surface area contributed by atoms with E-state index in [1.807, 2.05) is 30.3 Å². The molecule has 0 bridgehead atoms. The van der Waals surface area contributed by atoms with Gasteiger partial charge >= 0.3 is 0 Å². The highest BCUT2D eigenvalue weighted by Gasteiger charge is 2.22. The first-order chi connectivity index (χ1) is 22.3. The van der Waals surface area contributed by atoms with Crippen molar-refractivity contribution in [3.63, 3.8) is 0 Å². The summed E-state index contributed by atoms with van der Waals surface area (Å²) in [7, 11) is -7.81. The van der Waals surface area contributed by atoms with Crippen LogP contribution in [0.4, 0.5) is 34.1 Å². The molecule has 0 radical (unpaired) electrons. The van der Waals surface area contributed by atoms with Crippen LogP contribution in [-0.2, 0) is 20.2 Å². The van der Waals surface area contributed by atoms with Crippen LogP contribution in [0, 0.1) is 19.8 Å². The quantitative estimate of drug-likeness (QED) is 0.0676. The molecule has 0 saturated heterocycles. The largest absolute Gasteiger partial charge is 0.505 e. The van der Waals surface area contributed by atoms with Gasteiger partial charge in [-0.05, 0) is 84.6 Å². The zero-order valence-corrected chi connectivity index (χ0v) is 26.4. The molecule has 0 heterocycles. The number of terminal acetylenes is 1. The van der Waals surface area contributed by atoms with E-state index in [0.717, 1.165) is 5.69 Å². The molecule has 0 aliphatic carbocycles. The fraction of sp³-hybridized carbons (Fsp3) is 0.0625. The molecule has 5 aromatic carbocycles.